The van der Waals surface area contributed by atoms with E-state index in [9.17, 15) is 4.79 Å². The van der Waals surface area contributed by atoms with Gasteiger partial charge in [-0.15, -0.1) is 10.2 Å². The molecule has 4 aromatic rings. The summed E-state index contributed by atoms with van der Waals surface area (Å²) in [4.78, 5) is 13.9. The van der Waals surface area contributed by atoms with Gasteiger partial charge in [-0.2, -0.15) is 9.90 Å². The van der Waals surface area contributed by atoms with Crippen LogP contribution in [0.4, 0.5) is 0 Å². The van der Waals surface area contributed by atoms with Crippen LogP contribution in [0.2, 0.25) is 0 Å². The lowest BCUT2D eigenvalue weighted by molar-refractivity contribution is 0.0955. The van der Waals surface area contributed by atoms with Gasteiger partial charge in [-0.1, -0.05) is 48.5 Å². The molecule has 9 nitrogen and oxygen atoms in total. The van der Waals surface area contributed by atoms with Crippen LogP contribution in [0.1, 0.15) is 21.5 Å². The Labute approximate surface area is 190 Å². The number of ether oxygens (including phenoxy) is 2. The molecule has 9 heteroatoms. The highest BCUT2D eigenvalue weighted by Gasteiger charge is 2.09. The second-order valence-electron chi connectivity index (χ2n) is 6.99. The van der Waals surface area contributed by atoms with Crippen molar-refractivity contribution in [3.63, 3.8) is 0 Å². The van der Waals surface area contributed by atoms with E-state index in [-0.39, 0.29) is 5.91 Å². The summed E-state index contributed by atoms with van der Waals surface area (Å²) in [7, 11) is 3.11. The van der Waals surface area contributed by atoms with Crippen molar-refractivity contribution in [2.45, 2.75) is 6.54 Å². The number of amides is 1. The number of rotatable bonds is 8. The van der Waals surface area contributed by atoms with Gasteiger partial charge in [0.1, 0.15) is 0 Å². The molecule has 0 aliphatic heterocycles. The average Bonchev–Trinajstić information content (AvgIpc) is 3.33. The SMILES string of the molecule is COc1cccc(C=NNC(=O)c2ccc(Cn3nnc(-c4ccccc4)n3)cc2)c1OC. The summed E-state index contributed by atoms with van der Waals surface area (Å²) in [5.41, 5.74) is 5.52. The Morgan fingerprint density at radius 3 is 2.52 bits per heavy atom. The Morgan fingerprint density at radius 1 is 1.00 bits per heavy atom. The van der Waals surface area contributed by atoms with Crippen molar-refractivity contribution in [1.29, 1.82) is 0 Å². The third-order valence-corrected chi connectivity index (χ3v) is 4.83. The maximum Gasteiger partial charge on any atom is 0.271 e. The van der Waals surface area contributed by atoms with Crippen LogP contribution < -0.4 is 14.9 Å². The molecular weight excluding hydrogens is 420 g/mol. The lowest BCUT2D eigenvalue weighted by Crippen LogP contribution is -2.17. The van der Waals surface area contributed by atoms with Crippen LogP contribution >= 0.6 is 0 Å². The number of tetrazole rings is 1. The third kappa shape index (κ3) is 5.21. The predicted octanol–water partition coefficient (Wildman–Crippen LogP) is 3.17. The molecule has 1 N–H and O–H groups in total. The number of aromatic nitrogens is 4. The molecule has 0 aliphatic carbocycles. The Balaban J connectivity index is 1.37. The summed E-state index contributed by atoms with van der Waals surface area (Å²) in [6.07, 6.45) is 1.51. The van der Waals surface area contributed by atoms with Crippen LogP contribution in [-0.4, -0.2) is 46.5 Å². The summed E-state index contributed by atoms with van der Waals surface area (Å²) in [5, 5.41) is 16.6. The lowest BCUT2D eigenvalue weighted by atomic mass is 10.1. The molecule has 33 heavy (non-hydrogen) atoms. The molecule has 3 aromatic carbocycles. The number of nitrogens with one attached hydrogen (secondary N) is 1. The quantitative estimate of drug-likeness (QED) is 0.332. The number of methoxy groups -OCH3 is 2. The molecule has 0 spiro atoms. The van der Waals surface area contributed by atoms with Crippen LogP contribution in [-0.2, 0) is 6.54 Å². The number of nitrogens with zero attached hydrogens (tertiary/aromatic N) is 5. The van der Waals surface area contributed by atoms with Crippen molar-refractivity contribution in [3.8, 4) is 22.9 Å². The second kappa shape index (κ2) is 10.2. The fourth-order valence-corrected chi connectivity index (χ4v) is 3.18. The first-order valence-corrected chi connectivity index (χ1v) is 10.1. The van der Waals surface area contributed by atoms with E-state index in [1.54, 1.807) is 32.4 Å². The molecule has 1 amide bonds. The summed E-state index contributed by atoms with van der Waals surface area (Å²) >= 11 is 0. The van der Waals surface area contributed by atoms with E-state index in [4.69, 9.17) is 9.47 Å². The minimum atomic E-state index is -0.329. The molecule has 1 heterocycles. The van der Waals surface area contributed by atoms with E-state index in [2.05, 4.69) is 25.9 Å². The minimum Gasteiger partial charge on any atom is -0.493 e. The Hall–Kier alpha value is -4.53. The van der Waals surface area contributed by atoms with E-state index >= 15 is 0 Å². The molecule has 0 atom stereocenters. The largest absolute Gasteiger partial charge is 0.493 e. The molecule has 0 fully saturated rings. The maximum absolute atomic E-state index is 12.4. The number of carbonyl (C=O) groups excluding carboxylic acids is 1. The molecule has 0 radical (unpaired) electrons. The summed E-state index contributed by atoms with van der Waals surface area (Å²) in [5.74, 6) is 1.36. The molecule has 0 aliphatic rings. The average molecular weight is 442 g/mol. The normalized spacial score (nSPS) is 10.8. The molecular formula is C24H22N6O3. The van der Waals surface area contributed by atoms with Gasteiger partial charge < -0.3 is 9.47 Å². The zero-order valence-electron chi connectivity index (χ0n) is 18.2. The Morgan fingerprint density at radius 2 is 1.79 bits per heavy atom. The van der Waals surface area contributed by atoms with Crippen molar-refractivity contribution in [2.24, 2.45) is 5.10 Å². The van der Waals surface area contributed by atoms with Gasteiger partial charge >= 0.3 is 0 Å². The van der Waals surface area contributed by atoms with Gasteiger partial charge in [0.15, 0.2) is 11.5 Å². The molecule has 166 valence electrons. The van der Waals surface area contributed by atoms with Crippen LogP contribution in [0.25, 0.3) is 11.4 Å². The fraction of sp³-hybridized carbons (Fsp3) is 0.125. The van der Waals surface area contributed by atoms with E-state index in [1.165, 1.54) is 11.0 Å². The van der Waals surface area contributed by atoms with Gasteiger partial charge in [0.05, 0.1) is 27.0 Å². The third-order valence-electron chi connectivity index (χ3n) is 4.83. The van der Waals surface area contributed by atoms with Gasteiger partial charge in [-0.05, 0) is 35.0 Å². The van der Waals surface area contributed by atoms with Crippen molar-refractivity contribution < 1.29 is 14.3 Å². The van der Waals surface area contributed by atoms with Crippen molar-refractivity contribution in [3.05, 3.63) is 89.5 Å². The topological polar surface area (TPSA) is 104 Å². The van der Waals surface area contributed by atoms with E-state index in [0.717, 1.165) is 11.1 Å². The summed E-state index contributed by atoms with van der Waals surface area (Å²) in [6, 6.07) is 22.2. The molecule has 0 saturated heterocycles. The van der Waals surface area contributed by atoms with E-state index < -0.39 is 0 Å². The Bertz CT molecular complexity index is 1250. The van der Waals surface area contributed by atoms with E-state index in [1.807, 2.05) is 54.6 Å². The van der Waals surface area contributed by atoms with Crippen LogP contribution in [0, 0.1) is 0 Å². The van der Waals surface area contributed by atoms with Crippen molar-refractivity contribution in [1.82, 2.24) is 25.6 Å². The first-order chi connectivity index (χ1) is 16.2. The van der Waals surface area contributed by atoms with Gasteiger partial charge in [0, 0.05) is 16.7 Å². The second-order valence-corrected chi connectivity index (χ2v) is 6.99. The molecule has 0 unspecified atom stereocenters. The molecule has 0 bridgehead atoms. The standard InChI is InChI=1S/C24H22N6O3/c1-32-21-10-6-9-20(22(21)33-2)15-25-27-24(31)19-13-11-17(12-14-19)16-30-28-23(26-29-30)18-7-4-3-5-8-18/h3-15H,16H2,1-2H3,(H,27,31). The highest BCUT2D eigenvalue weighted by molar-refractivity contribution is 5.95. The number of carbonyl (C=O) groups is 1. The molecule has 1 aromatic heterocycles. The lowest BCUT2D eigenvalue weighted by Gasteiger charge is -2.09. The smallest absolute Gasteiger partial charge is 0.271 e. The summed E-state index contributed by atoms with van der Waals surface area (Å²) < 4.78 is 10.6. The van der Waals surface area contributed by atoms with Crippen LogP contribution in [0.3, 0.4) is 0 Å². The van der Waals surface area contributed by atoms with Crippen molar-refractivity contribution >= 4 is 12.1 Å². The first kappa shape index (κ1) is 21.7. The number of para-hydroxylation sites is 1. The number of hydrogen-bond acceptors (Lipinski definition) is 7. The van der Waals surface area contributed by atoms with Crippen LogP contribution in [0.5, 0.6) is 11.5 Å². The van der Waals surface area contributed by atoms with Gasteiger partial charge in [0.2, 0.25) is 5.82 Å². The first-order valence-electron chi connectivity index (χ1n) is 10.1. The predicted molar refractivity (Wildman–Crippen MR) is 123 cm³/mol. The van der Waals surface area contributed by atoms with Crippen molar-refractivity contribution in [2.75, 3.05) is 14.2 Å². The van der Waals surface area contributed by atoms with E-state index in [0.29, 0.717) is 35.0 Å². The van der Waals surface area contributed by atoms with Gasteiger partial charge in [-0.25, -0.2) is 5.43 Å². The maximum atomic E-state index is 12.4. The van der Waals surface area contributed by atoms with Gasteiger partial charge in [0.25, 0.3) is 5.91 Å². The van der Waals surface area contributed by atoms with Gasteiger partial charge in [-0.3, -0.25) is 4.79 Å². The minimum absolute atomic E-state index is 0.329. The fourth-order valence-electron chi connectivity index (χ4n) is 3.18. The highest BCUT2D eigenvalue weighted by atomic mass is 16.5. The monoisotopic (exact) mass is 442 g/mol. The highest BCUT2D eigenvalue weighted by Crippen LogP contribution is 2.29. The zero-order chi connectivity index (χ0) is 23.0. The van der Waals surface area contributed by atoms with Crippen LogP contribution in [0.15, 0.2) is 77.9 Å². The summed E-state index contributed by atoms with van der Waals surface area (Å²) in [6.45, 7) is 0.440. The Kier molecular flexibility index (Phi) is 6.70. The molecule has 0 saturated carbocycles. The molecule has 4 rings (SSSR count). The zero-order valence-corrected chi connectivity index (χ0v) is 18.2. The number of hydrazone groups is 1. The number of hydrogen-bond donors (Lipinski definition) is 1. The number of benzene rings is 3.